The molecule has 1 aliphatic heterocycles. The fourth-order valence-electron chi connectivity index (χ4n) is 2.21. The van der Waals surface area contributed by atoms with Gasteiger partial charge in [-0.15, -0.1) is 0 Å². The van der Waals surface area contributed by atoms with Gasteiger partial charge < -0.3 is 9.84 Å². The van der Waals surface area contributed by atoms with Crippen molar-refractivity contribution in [3.05, 3.63) is 70.8 Å². The molecular formula is C16H14O2. The van der Waals surface area contributed by atoms with Crippen LogP contribution >= 0.6 is 0 Å². The highest BCUT2D eigenvalue weighted by Gasteiger charge is 2.14. The highest BCUT2D eigenvalue weighted by Crippen LogP contribution is 2.30. The Bertz CT molecular complexity index is 585. The molecule has 0 radical (unpaired) electrons. The summed E-state index contributed by atoms with van der Waals surface area (Å²) in [4.78, 5) is 0. The smallest absolute Gasteiger partial charge is 0.127 e. The van der Waals surface area contributed by atoms with Crippen molar-refractivity contribution in [2.75, 3.05) is 0 Å². The van der Waals surface area contributed by atoms with E-state index in [1.54, 1.807) is 0 Å². The second kappa shape index (κ2) is 4.67. The molecule has 0 saturated carbocycles. The second-order valence-corrected chi connectivity index (χ2v) is 4.31. The lowest BCUT2D eigenvalue weighted by Crippen LogP contribution is -2.04. The van der Waals surface area contributed by atoms with E-state index in [1.807, 2.05) is 54.6 Å². The molecule has 0 spiro atoms. The first kappa shape index (κ1) is 11.1. The molecular weight excluding hydrogens is 224 g/mol. The third kappa shape index (κ3) is 1.91. The molecule has 0 fully saturated rings. The van der Waals surface area contributed by atoms with Gasteiger partial charge >= 0.3 is 0 Å². The number of benzene rings is 2. The van der Waals surface area contributed by atoms with E-state index in [1.165, 1.54) is 0 Å². The van der Waals surface area contributed by atoms with E-state index in [0.717, 1.165) is 28.0 Å². The Morgan fingerprint density at radius 2 is 1.83 bits per heavy atom. The number of rotatable bonds is 2. The van der Waals surface area contributed by atoms with E-state index >= 15 is 0 Å². The minimum atomic E-state index is 0.0573. The zero-order valence-electron chi connectivity index (χ0n) is 9.97. The molecule has 18 heavy (non-hydrogen) atoms. The van der Waals surface area contributed by atoms with Crippen LogP contribution in [-0.4, -0.2) is 5.11 Å². The molecule has 1 aliphatic rings. The molecule has 2 nitrogen and oxygen atoms in total. The quantitative estimate of drug-likeness (QED) is 0.870. The van der Waals surface area contributed by atoms with Gasteiger partial charge in [-0.3, -0.25) is 0 Å². The largest absolute Gasteiger partial charge is 0.488 e. The molecule has 1 heterocycles. The van der Waals surface area contributed by atoms with E-state index in [-0.39, 0.29) is 6.61 Å². The van der Waals surface area contributed by atoms with Crippen LogP contribution in [0.5, 0.6) is 0 Å². The van der Waals surface area contributed by atoms with E-state index < -0.39 is 0 Å². The van der Waals surface area contributed by atoms with Gasteiger partial charge in [0.1, 0.15) is 12.4 Å². The summed E-state index contributed by atoms with van der Waals surface area (Å²) in [5.41, 5.74) is 4.23. The van der Waals surface area contributed by atoms with Crippen molar-refractivity contribution < 1.29 is 9.84 Å². The van der Waals surface area contributed by atoms with Crippen molar-refractivity contribution >= 4 is 11.8 Å². The number of aliphatic hydroxyl groups excluding tert-OH is 1. The van der Waals surface area contributed by atoms with Crippen molar-refractivity contribution in [2.45, 2.75) is 13.2 Å². The maximum absolute atomic E-state index is 9.38. The van der Waals surface area contributed by atoms with Crippen LogP contribution in [0.25, 0.3) is 11.8 Å². The number of hydrogen-bond donors (Lipinski definition) is 1. The number of hydrogen-bond acceptors (Lipinski definition) is 2. The van der Waals surface area contributed by atoms with E-state index in [4.69, 9.17) is 4.74 Å². The van der Waals surface area contributed by atoms with Crippen LogP contribution in [0.1, 0.15) is 22.3 Å². The van der Waals surface area contributed by atoms with Crippen LogP contribution in [0, 0.1) is 0 Å². The summed E-state index contributed by atoms with van der Waals surface area (Å²) >= 11 is 0. The first-order chi connectivity index (χ1) is 8.88. The lowest BCUT2D eigenvalue weighted by molar-refractivity contribution is 0.259. The van der Waals surface area contributed by atoms with Crippen LogP contribution < -0.4 is 0 Å². The van der Waals surface area contributed by atoms with E-state index in [9.17, 15) is 5.11 Å². The fraction of sp³-hybridized carbons (Fsp3) is 0.125. The summed E-state index contributed by atoms with van der Waals surface area (Å²) in [6.45, 7) is 0.617. The first-order valence-electron chi connectivity index (χ1n) is 6.00. The molecule has 0 bridgehead atoms. The third-order valence-corrected chi connectivity index (χ3v) is 3.17. The number of aliphatic hydroxyl groups is 1. The maximum Gasteiger partial charge on any atom is 0.127 e. The summed E-state index contributed by atoms with van der Waals surface area (Å²) < 4.78 is 5.77. The Balaban J connectivity index is 2.08. The predicted molar refractivity (Wildman–Crippen MR) is 71.5 cm³/mol. The monoisotopic (exact) mass is 238 g/mol. The van der Waals surface area contributed by atoms with E-state index in [2.05, 4.69) is 0 Å². The third-order valence-electron chi connectivity index (χ3n) is 3.17. The van der Waals surface area contributed by atoms with Crippen LogP contribution in [0.15, 0.2) is 48.5 Å². The molecule has 3 rings (SSSR count). The predicted octanol–water partition coefficient (Wildman–Crippen LogP) is 3.21. The van der Waals surface area contributed by atoms with E-state index in [0.29, 0.717) is 6.61 Å². The Morgan fingerprint density at radius 3 is 2.61 bits per heavy atom. The number of ether oxygens (including phenoxy) is 1. The molecule has 0 aliphatic carbocycles. The van der Waals surface area contributed by atoms with Gasteiger partial charge in [0.05, 0.1) is 6.61 Å². The van der Waals surface area contributed by atoms with Crippen LogP contribution in [0.4, 0.5) is 0 Å². The molecule has 2 heteroatoms. The van der Waals surface area contributed by atoms with Gasteiger partial charge in [0.15, 0.2) is 0 Å². The molecule has 2 aromatic carbocycles. The van der Waals surface area contributed by atoms with Crippen LogP contribution in [-0.2, 0) is 18.0 Å². The molecule has 0 amide bonds. The van der Waals surface area contributed by atoms with Crippen molar-refractivity contribution in [1.82, 2.24) is 0 Å². The molecule has 0 aromatic heterocycles. The van der Waals surface area contributed by atoms with Gasteiger partial charge in [-0.1, -0.05) is 48.5 Å². The lowest BCUT2D eigenvalue weighted by atomic mass is 9.98. The maximum atomic E-state index is 9.38. The van der Waals surface area contributed by atoms with Crippen LogP contribution in [0.2, 0.25) is 0 Å². The van der Waals surface area contributed by atoms with Crippen molar-refractivity contribution in [1.29, 1.82) is 0 Å². The average Bonchev–Trinajstić information content (AvgIpc) is 2.47. The molecule has 0 atom stereocenters. The van der Waals surface area contributed by atoms with Crippen molar-refractivity contribution in [2.24, 2.45) is 0 Å². The second-order valence-electron chi connectivity index (χ2n) is 4.31. The van der Waals surface area contributed by atoms with Crippen molar-refractivity contribution in [3.63, 3.8) is 0 Å². The normalized spacial score (nSPS) is 13.5. The Kier molecular flexibility index (Phi) is 2.87. The van der Waals surface area contributed by atoms with Gasteiger partial charge in [-0.25, -0.2) is 0 Å². The first-order valence-corrected chi connectivity index (χ1v) is 6.00. The average molecular weight is 238 g/mol. The van der Waals surface area contributed by atoms with Gasteiger partial charge in [0, 0.05) is 5.56 Å². The SMILES string of the molecule is OCc1cccc2c1C=C(c1ccccc1)OC2. The minimum Gasteiger partial charge on any atom is -0.488 e. The molecule has 2 aromatic rings. The van der Waals surface area contributed by atoms with Gasteiger partial charge in [0.25, 0.3) is 0 Å². The zero-order valence-corrected chi connectivity index (χ0v) is 9.97. The van der Waals surface area contributed by atoms with Gasteiger partial charge in [-0.05, 0) is 22.8 Å². The zero-order chi connectivity index (χ0) is 12.4. The summed E-state index contributed by atoms with van der Waals surface area (Å²) in [5.74, 6) is 0.865. The Labute approximate surface area is 106 Å². The topological polar surface area (TPSA) is 29.5 Å². The Morgan fingerprint density at radius 1 is 1.00 bits per heavy atom. The summed E-state index contributed by atoms with van der Waals surface area (Å²) in [5, 5.41) is 9.38. The standard InChI is InChI=1S/C16H14O2/c17-10-13-7-4-8-14-11-18-16(9-15(13)14)12-5-2-1-3-6-12/h1-9,17H,10-11H2. The lowest BCUT2D eigenvalue weighted by Gasteiger charge is -2.20. The summed E-state index contributed by atoms with van der Waals surface area (Å²) in [6, 6.07) is 16.0. The molecule has 0 unspecified atom stereocenters. The highest BCUT2D eigenvalue weighted by molar-refractivity contribution is 5.81. The summed E-state index contributed by atoms with van der Waals surface area (Å²) in [6.07, 6.45) is 2.01. The molecule has 90 valence electrons. The Hall–Kier alpha value is -2.06. The molecule has 1 N–H and O–H groups in total. The van der Waals surface area contributed by atoms with Crippen LogP contribution in [0.3, 0.4) is 0 Å². The molecule has 0 saturated heterocycles. The fourth-order valence-corrected chi connectivity index (χ4v) is 2.21. The summed E-state index contributed by atoms with van der Waals surface area (Å²) in [7, 11) is 0. The highest BCUT2D eigenvalue weighted by atomic mass is 16.5. The minimum absolute atomic E-state index is 0.0573. The number of fused-ring (bicyclic) bond motifs is 1. The van der Waals surface area contributed by atoms with Crippen molar-refractivity contribution in [3.8, 4) is 0 Å². The van der Waals surface area contributed by atoms with Gasteiger partial charge in [0.2, 0.25) is 0 Å². The van der Waals surface area contributed by atoms with Gasteiger partial charge in [-0.2, -0.15) is 0 Å².